The summed E-state index contributed by atoms with van der Waals surface area (Å²) in [5, 5.41) is 12.6. The molecular weight excluding hydrogens is 456 g/mol. The van der Waals surface area contributed by atoms with E-state index in [1.54, 1.807) is 12.1 Å². The van der Waals surface area contributed by atoms with Crippen LogP contribution in [0.15, 0.2) is 57.7 Å². The minimum absolute atomic E-state index is 0.00489. The number of imidazole rings is 1. The maximum absolute atomic E-state index is 13.1. The Labute approximate surface area is 208 Å². The van der Waals surface area contributed by atoms with Crippen LogP contribution >= 0.6 is 0 Å². The van der Waals surface area contributed by atoms with Gasteiger partial charge in [-0.2, -0.15) is 10.2 Å². The lowest BCUT2D eigenvalue weighted by Crippen LogP contribution is -2.38. The predicted octanol–water partition coefficient (Wildman–Crippen LogP) is 4.86. The quantitative estimate of drug-likeness (QED) is 0.432. The van der Waals surface area contributed by atoms with Crippen LogP contribution in [0.2, 0.25) is 0 Å². The van der Waals surface area contributed by atoms with Crippen LogP contribution in [0.25, 0.3) is 22.9 Å². The molecule has 1 N–H and O–H groups in total. The highest BCUT2D eigenvalue weighted by Gasteiger charge is 2.29. The van der Waals surface area contributed by atoms with Crippen LogP contribution in [0.1, 0.15) is 37.2 Å². The monoisotopic (exact) mass is 482 g/mol. The molecule has 0 saturated carbocycles. The van der Waals surface area contributed by atoms with Gasteiger partial charge in [-0.15, -0.1) is 0 Å². The molecule has 3 aromatic heterocycles. The molecule has 1 amide bonds. The third-order valence-corrected chi connectivity index (χ3v) is 6.93. The van der Waals surface area contributed by atoms with Crippen LogP contribution in [0.4, 0.5) is 11.6 Å². The first-order valence-corrected chi connectivity index (χ1v) is 12.3. The number of oxazole rings is 1. The number of furan rings is 1. The van der Waals surface area contributed by atoms with E-state index < -0.39 is 0 Å². The van der Waals surface area contributed by atoms with Gasteiger partial charge in [0, 0.05) is 49.4 Å². The van der Waals surface area contributed by atoms with Crippen molar-refractivity contribution < 1.29 is 13.6 Å². The van der Waals surface area contributed by atoms with E-state index in [9.17, 15) is 10.1 Å². The number of anilines is 2. The third-order valence-electron chi connectivity index (χ3n) is 6.93. The number of rotatable bonds is 5. The minimum atomic E-state index is -0.122. The van der Waals surface area contributed by atoms with Gasteiger partial charge in [-0.05, 0) is 49.9 Å². The SMILES string of the molecule is N#Cc1nc(-c2ccco2)oc1N1CCC(C(=O)Nc2cccc(-c3cn4c(n3)CCCC4)c2)CC1. The molecule has 2 aliphatic heterocycles. The van der Waals surface area contributed by atoms with Crippen molar-refractivity contribution in [3.05, 3.63) is 60.4 Å². The number of piperidine rings is 1. The molecule has 6 rings (SSSR count). The second kappa shape index (κ2) is 9.38. The van der Waals surface area contributed by atoms with Crippen molar-refractivity contribution >= 4 is 17.5 Å². The van der Waals surface area contributed by atoms with Gasteiger partial charge < -0.3 is 23.6 Å². The van der Waals surface area contributed by atoms with Crippen LogP contribution in [0.5, 0.6) is 0 Å². The third kappa shape index (κ3) is 4.26. The summed E-state index contributed by atoms with van der Waals surface area (Å²) in [6.45, 7) is 2.21. The van der Waals surface area contributed by atoms with Gasteiger partial charge in [-0.1, -0.05) is 12.1 Å². The van der Waals surface area contributed by atoms with Gasteiger partial charge in [0.05, 0.1) is 12.0 Å². The summed E-state index contributed by atoms with van der Waals surface area (Å²) in [6, 6.07) is 13.5. The van der Waals surface area contributed by atoms with Crippen LogP contribution in [0, 0.1) is 17.2 Å². The predicted molar refractivity (Wildman–Crippen MR) is 133 cm³/mol. The van der Waals surface area contributed by atoms with Crippen molar-refractivity contribution in [3.8, 4) is 29.0 Å². The Bertz CT molecular complexity index is 1400. The number of benzene rings is 1. The average molecular weight is 483 g/mol. The Morgan fingerprint density at radius 3 is 2.78 bits per heavy atom. The average Bonchev–Trinajstić information content (AvgIpc) is 3.68. The molecule has 9 heteroatoms. The van der Waals surface area contributed by atoms with E-state index in [2.05, 4.69) is 27.1 Å². The van der Waals surface area contributed by atoms with E-state index in [4.69, 9.17) is 13.8 Å². The summed E-state index contributed by atoms with van der Waals surface area (Å²) in [5.41, 5.74) is 2.95. The lowest BCUT2D eigenvalue weighted by atomic mass is 9.95. The first-order chi connectivity index (χ1) is 17.7. The van der Waals surface area contributed by atoms with Gasteiger partial charge in [-0.3, -0.25) is 4.79 Å². The molecule has 36 heavy (non-hydrogen) atoms. The van der Waals surface area contributed by atoms with Gasteiger partial charge in [-0.25, -0.2) is 4.98 Å². The number of carbonyl (C=O) groups excluding carboxylic acids is 1. The summed E-state index contributed by atoms with van der Waals surface area (Å²) in [5.74, 6) is 2.21. The van der Waals surface area contributed by atoms with E-state index in [0.717, 1.165) is 35.7 Å². The molecule has 9 nitrogen and oxygen atoms in total. The van der Waals surface area contributed by atoms with Crippen molar-refractivity contribution in [1.82, 2.24) is 14.5 Å². The van der Waals surface area contributed by atoms with Gasteiger partial charge in [0.1, 0.15) is 11.9 Å². The summed E-state index contributed by atoms with van der Waals surface area (Å²) >= 11 is 0. The highest BCUT2D eigenvalue weighted by Crippen LogP contribution is 2.32. The highest BCUT2D eigenvalue weighted by molar-refractivity contribution is 5.93. The molecule has 0 aliphatic carbocycles. The fraction of sp³-hybridized carbons (Fsp3) is 0.333. The molecule has 182 valence electrons. The fourth-order valence-corrected chi connectivity index (χ4v) is 5.00. The molecule has 0 bridgehead atoms. The number of amides is 1. The number of nitrogens with zero attached hydrogens (tertiary/aromatic N) is 5. The minimum Gasteiger partial charge on any atom is -0.459 e. The maximum Gasteiger partial charge on any atom is 0.266 e. The molecule has 1 saturated heterocycles. The normalized spacial score (nSPS) is 15.9. The van der Waals surface area contributed by atoms with Crippen LogP contribution in [0.3, 0.4) is 0 Å². The first-order valence-electron chi connectivity index (χ1n) is 12.3. The van der Waals surface area contributed by atoms with Crippen molar-refractivity contribution in [3.63, 3.8) is 0 Å². The van der Waals surface area contributed by atoms with Crippen molar-refractivity contribution in [2.24, 2.45) is 5.92 Å². The van der Waals surface area contributed by atoms with Crippen molar-refractivity contribution in [2.45, 2.75) is 38.6 Å². The van der Waals surface area contributed by atoms with E-state index in [1.165, 1.54) is 19.1 Å². The Hall–Kier alpha value is -4.32. The number of hydrogen-bond acceptors (Lipinski definition) is 7. The van der Waals surface area contributed by atoms with Gasteiger partial charge in [0.15, 0.2) is 5.76 Å². The summed E-state index contributed by atoms with van der Waals surface area (Å²) < 4.78 is 13.4. The van der Waals surface area contributed by atoms with Crippen LogP contribution in [-0.4, -0.2) is 33.5 Å². The number of carbonyl (C=O) groups is 1. The number of nitrogens with one attached hydrogen (secondary N) is 1. The molecule has 0 spiro atoms. The largest absolute Gasteiger partial charge is 0.459 e. The first kappa shape index (κ1) is 22.2. The summed E-state index contributed by atoms with van der Waals surface area (Å²) in [7, 11) is 0. The lowest BCUT2D eigenvalue weighted by molar-refractivity contribution is -0.120. The van der Waals surface area contributed by atoms with Crippen LogP contribution < -0.4 is 10.2 Å². The topological polar surface area (TPSA) is 113 Å². The zero-order chi connectivity index (χ0) is 24.5. The second-order valence-corrected chi connectivity index (χ2v) is 9.29. The zero-order valence-electron chi connectivity index (χ0n) is 19.8. The van der Waals surface area contributed by atoms with Crippen molar-refractivity contribution in [2.75, 3.05) is 23.3 Å². The highest BCUT2D eigenvalue weighted by atomic mass is 16.4. The molecule has 2 aliphatic rings. The molecule has 0 radical (unpaired) electrons. The molecule has 4 aromatic rings. The number of fused-ring (bicyclic) bond motifs is 1. The van der Waals surface area contributed by atoms with E-state index in [0.29, 0.717) is 37.6 Å². The number of aromatic nitrogens is 3. The zero-order valence-corrected chi connectivity index (χ0v) is 19.8. The maximum atomic E-state index is 13.1. The molecule has 1 aromatic carbocycles. The second-order valence-electron chi connectivity index (χ2n) is 9.29. The van der Waals surface area contributed by atoms with E-state index in [1.807, 2.05) is 29.2 Å². The molecular formula is C27H26N6O3. The van der Waals surface area contributed by atoms with Crippen LogP contribution in [-0.2, 0) is 17.8 Å². The molecule has 0 unspecified atom stereocenters. The number of nitriles is 1. The van der Waals surface area contributed by atoms with Gasteiger partial charge in [0.25, 0.3) is 5.89 Å². The number of hydrogen-bond donors (Lipinski definition) is 1. The standard InChI is InChI=1S/C27H26N6O3/c28-16-21-27(36-26(31-21)23-7-4-14-35-23)32-12-9-18(10-13-32)25(34)29-20-6-3-5-19(15-20)22-17-33-11-2-1-8-24(33)30-22/h3-7,14-15,17-18H,1-2,8-13H2,(H,29,34). The Kier molecular flexibility index (Phi) is 5.77. The number of aryl methyl sites for hydroxylation is 2. The van der Waals surface area contributed by atoms with Gasteiger partial charge >= 0.3 is 0 Å². The fourth-order valence-electron chi connectivity index (χ4n) is 5.00. The molecule has 0 atom stereocenters. The summed E-state index contributed by atoms with van der Waals surface area (Å²) in [6.07, 6.45) is 8.35. The molecule has 1 fully saturated rings. The Balaban J connectivity index is 1.10. The van der Waals surface area contributed by atoms with E-state index in [-0.39, 0.29) is 23.4 Å². The Morgan fingerprint density at radius 1 is 1.11 bits per heavy atom. The van der Waals surface area contributed by atoms with Crippen molar-refractivity contribution in [1.29, 1.82) is 5.26 Å². The van der Waals surface area contributed by atoms with Gasteiger partial charge in [0.2, 0.25) is 17.5 Å². The van der Waals surface area contributed by atoms with E-state index >= 15 is 0 Å². The molecule has 5 heterocycles. The Morgan fingerprint density at radius 2 is 2.00 bits per heavy atom. The summed E-state index contributed by atoms with van der Waals surface area (Å²) in [4.78, 5) is 24.1. The smallest absolute Gasteiger partial charge is 0.266 e. The lowest BCUT2D eigenvalue weighted by Gasteiger charge is -2.31.